The van der Waals surface area contributed by atoms with E-state index in [-0.39, 0.29) is 0 Å². The molecule has 0 radical (unpaired) electrons. The number of oxazole rings is 1. The van der Waals surface area contributed by atoms with Crippen LogP contribution >= 0.6 is 0 Å². The van der Waals surface area contributed by atoms with Gasteiger partial charge in [-0.05, 0) is 36.2 Å². The molecule has 0 spiro atoms. The molecule has 28 heavy (non-hydrogen) atoms. The largest absolute Gasteiger partial charge is 0.493 e. The summed E-state index contributed by atoms with van der Waals surface area (Å²) in [7, 11) is 3.29. The molecule has 1 aliphatic rings. The van der Waals surface area contributed by atoms with E-state index in [4.69, 9.17) is 13.9 Å². The normalized spacial score (nSPS) is 14.4. The van der Waals surface area contributed by atoms with Crippen molar-refractivity contribution >= 4 is 23.1 Å². The maximum atomic E-state index is 5.66. The second-order valence-corrected chi connectivity index (χ2v) is 6.43. The molecule has 8 nitrogen and oxygen atoms in total. The van der Waals surface area contributed by atoms with Gasteiger partial charge in [0.2, 0.25) is 5.96 Å². The fourth-order valence-corrected chi connectivity index (χ4v) is 3.05. The number of anilines is 1. The number of hydrogen-bond acceptors (Lipinski definition) is 8. The Morgan fingerprint density at radius 3 is 2.75 bits per heavy atom. The number of nitrogens with zero attached hydrogens (tertiary/aromatic N) is 3. The van der Waals surface area contributed by atoms with Crippen LogP contribution in [0.15, 0.2) is 51.9 Å². The van der Waals surface area contributed by atoms with Gasteiger partial charge in [0.15, 0.2) is 17.1 Å². The first-order valence-electron chi connectivity index (χ1n) is 9.09. The number of hydrogen-bond donors (Lipinski definition) is 2. The SMILES string of the molecule is COc1ccc(CCN2CN=C(Nc3nc4ccccc4o3)NC2)cc1OC. The van der Waals surface area contributed by atoms with Gasteiger partial charge in [-0.25, -0.2) is 4.99 Å². The molecule has 2 N–H and O–H groups in total. The number of aromatic nitrogens is 1. The third kappa shape index (κ3) is 4.01. The fraction of sp³-hybridized carbons (Fsp3) is 0.300. The molecule has 2 aromatic carbocycles. The molecular weight excluding hydrogens is 358 g/mol. The molecule has 1 aliphatic heterocycles. The van der Waals surface area contributed by atoms with Crippen molar-refractivity contribution in [3.8, 4) is 11.5 Å². The summed E-state index contributed by atoms with van der Waals surface area (Å²) in [5.41, 5.74) is 2.76. The van der Waals surface area contributed by atoms with E-state index in [2.05, 4.69) is 31.6 Å². The van der Waals surface area contributed by atoms with Crippen molar-refractivity contribution in [3.63, 3.8) is 0 Å². The van der Waals surface area contributed by atoms with Gasteiger partial charge in [0.25, 0.3) is 0 Å². The van der Waals surface area contributed by atoms with Crippen LogP contribution in [0.3, 0.4) is 0 Å². The number of rotatable bonds is 6. The zero-order valence-electron chi connectivity index (χ0n) is 15.9. The van der Waals surface area contributed by atoms with E-state index in [9.17, 15) is 0 Å². The van der Waals surface area contributed by atoms with Crippen LogP contribution in [0, 0.1) is 0 Å². The first-order chi connectivity index (χ1) is 13.7. The summed E-state index contributed by atoms with van der Waals surface area (Å²) in [4.78, 5) is 11.1. The van der Waals surface area contributed by atoms with Gasteiger partial charge in [-0.15, -0.1) is 0 Å². The minimum Gasteiger partial charge on any atom is -0.493 e. The maximum Gasteiger partial charge on any atom is 0.302 e. The molecule has 0 saturated heterocycles. The van der Waals surface area contributed by atoms with E-state index < -0.39 is 0 Å². The molecule has 2 heterocycles. The Morgan fingerprint density at radius 2 is 2.00 bits per heavy atom. The van der Waals surface area contributed by atoms with E-state index in [1.807, 2.05) is 36.4 Å². The summed E-state index contributed by atoms with van der Waals surface area (Å²) in [6.45, 7) is 2.17. The third-order valence-electron chi connectivity index (χ3n) is 4.58. The molecule has 0 amide bonds. The van der Waals surface area contributed by atoms with Crippen LogP contribution in [0.1, 0.15) is 5.56 Å². The van der Waals surface area contributed by atoms with Gasteiger partial charge in [-0.3, -0.25) is 10.2 Å². The topological polar surface area (TPSA) is 84.2 Å². The van der Waals surface area contributed by atoms with Crippen LogP contribution in [0.2, 0.25) is 0 Å². The highest BCUT2D eigenvalue weighted by Crippen LogP contribution is 2.27. The Morgan fingerprint density at radius 1 is 1.14 bits per heavy atom. The van der Waals surface area contributed by atoms with Crippen molar-refractivity contribution in [2.75, 3.05) is 39.4 Å². The average molecular weight is 381 g/mol. The first kappa shape index (κ1) is 18.1. The van der Waals surface area contributed by atoms with Crippen LogP contribution in [0.4, 0.5) is 6.01 Å². The highest BCUT2D eigenvalue weighted by Gasteiger charge is 2.14. The lowest BCUT2D eigenvalue weighted by molar-refractivity contribution is 0.268. The molecule has 0 aliphatic carbocycles. The van der Waals surface area contributed by atoms with Crippen molar-refractivity contribution in [1.82, 2.24) is 15.2 Å². The number of nitrogens with one attached hydrogen (secondary N) is 2. The van der Waals surface area contributed by atoms with Gasteiger partial charge in [0, 0.05) is 6.54 Å². The molecular formula is C20H23N5O3. The van der Waals surface area contributed by atoms with E-state index in [1.165, 1.54) is 5.56 Å². The summed E-state index contributed by atoms with van der Waals surface area (Å²) in [6.07, 6.45) is 0.894. The minimum atomic E-state index is 0.436. The number of methoxy groups -OCH3 is 2. The molecule has 0 bridgehead atoms. The number of ether oxygens (including phenoxy) is 2. The lowest BCUT2D eigenvalue weighted by Gasteiger charge is -2.26. The fourth-order valence-electron chi connectivity index (χ4n) is 3.05. The van der Waals surface area contributed by atoms with Crippen LogP contribution in [0.5, 0.6) is 11.5 Å². The van der Waals surface area contributed by atoms with Crippen molar-refractivity contribution in [2.24, 2.45) is 4.99 Å². The highest BCUT2D eigenvalue weighted by atomic mass is 16.5. The monoisotopic (exact) mass is 381 g/mol. The van der Waals surface area contributed by atoms with Crippen LogP contribution < -0.4 is 20.1 Å². The molecule has 4 rings (SSSR count). The second-order valence-electron chi connectivity index (χ2n) is 6.43. The Balaban J connectivity index is 1.31. The first-order valence-corrected chi connectivity index (χ1v) is 9.09. The zero-order valence-corrected chi connectivity index (χ0v) is 15.9. The molecule has 3 aromatic rings. The predicted molar refractivity (Wildman–Crippen MR) is 108 cm³/mol. The summed E-state index contributed by atoms with van der Waals surface area (Å²) < 4.78 is 16.3. The van der Waals surface area contributed by atoms with Crippen LogP contribution in [0.25, 0.3) is 11.1 Å². The van der Waals surface area contributed by atoms with Crippen molar-refractivity contribution in [1.29, 1.82) is 0 Å². The summed E-state index contributed by atoms with van der Waals surface area (Å²) >= 11 is 0. The summed E-state index contributed by atoms with van der Waals surface area (Å²) in [6, 6.07) is 14.1. The molecule has 1 aromatic heterocycles. The van der Waals surface area contributed by atoms with Gasteiger partial charge in [0.05, 0.1) is 27.6 Å². The van der Waals surface area contributed by atoms with E-state index in [0.717, 1.165) is 35.6 Å². The quantitative estimate of drug-likeness (QED) is 0.679. The number of fused-ring (bicyclic) bond motifs is 1. The molecule has 0 atom stereocenters. The number of benzene rings is 2. The molecule has 0 saturated carbocycles. The van der Waals surface area contributed by atoms with Crippen molar-refractivity contribution < 1.29 is 13.9 Å². The molecule has 146 valence electrons. The zero-order chi connectivity index (χ0) is 19.3. The lowest BCUT2D eigenvalue weighted by Crippen LogP contribution is -2.46. The smallest absolute Gasteiger partial charge is 0.302 e. The Bertz CT molecular complexity index is 952. The Kier molecular flexibility index (Phi) is 5.29. The highest BCUT2D eigenvalue weighted by molar-refractivity contribution is 5.93. The number of aliphatic imine (C=N–C) groups is 1. The van der Waals surface area contributed by atoms with Crippen molar-refractivity contribution in [3.05, 3.63) is 48.0 Å². The second kappa shape index (κ2) is 8.18. The number of para-hydroxylation sites is 2. The van der Waals surface area contributed by atoms with Crippen LogP contribution in [-0.4, -0.2) is 49.9 Å². The molecule has 0 unspecified atom stereocenters. The van der Waals surface area contributed by atoms with Crippen LogP contribution in [-0.2, 0) is 6.42 Å². The summed E-state index contributed by atoms with van der Waals surface area (Å²) in [5, 5.41) is 6.36. The van der Waals surface area contributed by atoms with Gasteiger partial charge < -0.3 is 19.2 Å². The van der Waals surface area contributed by atoms with E-state index >= 15 is 0 Å². The standard InChI is InChI=1S/C20H23N5O3/c1-26-17-8-7-14(11-18(17)27-2)9-10-25-12-21-19(22-13-25)24-20-23-15-5-3-4-6-16(15)28-20/h3-8,11H,9-10,12-13H2,1-2H3,(H2,21,22,23,24). The van der Waals surface area contributed by atoms with Gasteiger partial charge in [-0.2, -0.15) is 4.98 Å². The van der Waals surface area contributed by atoms with E-state index in [1.54, 1.807) is 14.2 Å². The van der Waals surface area contributed by atoms with Gasteiger partial charge in [-0.1, -0.05) is 18.2 Å². The minimum absolute atomic E-state index is 0.436. The predicted octanol–water partition coefficient (Wildman–Crippen LogP) is 2.68. The van der Waals surface area contributed by atoms with Gasteiger partial charge >= 0.3 is 6.01 Å². The summed E-state index contributed by atoms with van der Waals surface area (Å²) in [5.74, 6) is 2.15. The van der Waals surface area contributed by atoms with Crippen molar-refractivity contribution in [2.45, 2.75) is 6.42 Å². The average Bonchev–Trinajstić information content (AvgIpc) is 3.15. The lowest BCUT2D eigenvalue weighted by atomic mass is 10.1. The van der Waals surface area contributed by atoms with E-state index in [0.29, 0.717) is 25.3 Å². The Labute approximate surface area is 163 Å². The van der Waals surface area contributed by atoms with Gasteiger partial charge in [0.1, 0.15) is 5.52 Å². The Hall–Kier alpha value is -3.26. The molecule has 0 fully saturated rings. The maximum absolute atomic E-state index is 5.66. The molecule has 8 heteroatoms. The number of guanidine groups is 1. The third-order valence-corrected chi connectivity index (χ3v) is 4.58.